The third-order valence-corrected chi connectivity index (χ3v) is 1.57. The minimum Gasteiger partial charge on any atom is -1.00 e. The second kappa shape index (κ2) is 4.80. The molecular weight excluding hydrogens is 194 g/mol. The van der Waals surface area contributed by atoms with E-state index in [1.54, 1.807) is 0 Å². The van der Waals surface area contributed by atoms with Crippen molar-refractivity contribution in [3.63, 3.8) is 0 Å². The van der Waals surface area contributed by atoms with Crippen LogP contribution >= 0.6 is 0 Å². The monoisotopic (exact) mass is 198 g/mol. The number of nitrogens with one attached hydrogen (secondary N) is 2. The van der Waals surface area contributed by atoms with Gasteiger partial charge in [-0.1, -0.05) is 0 Å². The van der Waals surface area contributed by atoms with E-state index in [4.69, 9.17) is 0 Å². The van der Waals surface area contributed by atoms with Crippen LogP contribution in [0.15, 0.2) is 0 Å². The number of carbonyl (C=O) groups is 2. The summed E-state index contributed by atoms with van der Waals surface area (Å²) in [6.45, 7) is 0. The average molecular weight is 198 g/mol. The number of amides is 2. The van der Waals surface area contributed by atoms with Gasteiger partial charge < -0.3 is 2.85 Å². The molecule has 0 aromatic rings. The van der Waals surface area contributed by atoms with Gasteiger partial charge in [0.1, 0.15) is 0 Å². The van der Waals surface area contributed by atoms with Gasteiger partial charge in [-0.15, -0.1) is 0 Å². The van der Waals surface area contributed by atoms with E-state index in [1.807, 2.05) is 0 Å². The van der Waals surface area contributed by atoms with Crippen LogP contribution in [0.4, 0.5) is 0 Å². The summed E-state index contributed by atoms with van der Waals surface area (Å²) in [5.74, 6) is -2.29. The molecule has 0 aliphatic carbocycles. The topological polar surface area (TPSA) is 92.3 Å². The van der Waals surface area contributed by atoms with Crippen molar-refractivity contribution in [3.8, 4) is 0 Å². The predicted molar refractivity (Wildman–Crippen MR) is 27.4 cm³/mol. The fourth-order valence-corrected chi connectivity index (χ4v) is 1.09. The van der Waals surface area contributed by atoms with Gasteiger partial charge in [0.15, 0.2) is 0 Å². The Bertz CT molecular complexity index is 258. The Morgan fingerprint density at radius 2 is 1.27 bits per heavy atom. The summed E-state index contributed by atoms with van der Waals surface area (Å²) in [7, 11) is -3.84. The zero-order valence-electron chi connectivity index (χ0n) is 8.04. The van der Waals surface area contributed by atoms with Gasteiger partial charge in [-0.3, -0.25) is 9.59 Å². The first-order valence-corrected chi connectivity index (χ1v) is 3.38. The average Bonchev–Trinajstić information content (AvgIpc) is 1.79. The quantitative estimate of drug-likeness (QED) is 0.298. The van der Waals surface area contributed by atoms with Gasteiger partial charge in [-0.25, -0.2) is 9.44 Å². The number of rotatable bonds is 0. The Morgan fingerprint density at radius 1 is 1.00 bits per heavy atom. The number of hydrogen-bond donors (Lipinski definition) is 2. The molecule has 1 saturated heterocycles. The van der Waals surface area contributed by atoms with Crippen molar-refractivity contribution in [1.82, 2.24) is 9.44 Å². The molecule has 0 bridgehead atoms. The molecule has 2 N–H and O–H groups in total. The first-order chi connectivity index (χ1) is 4.01. The standard InChI is InChI=1S/C2H2N2O4S.2Na.2H/c5-1-2(6)4-9(7,8)3-1;;;;/h(H,3,5)(H,4,6);;;;/q;2*+1;2*-1. The summed E-state index contributed by atoms with van der Waals surface area (Å²) in [5, 5.41) is 0. The van der Waals surface area contributed by atoms with Crippen LogP contribution in [0.1, 0.15) is 2.85 Å². The van der Waals surface area contributed by atoms with Crippen LogP contribution in [0.25, 0.3) is 0 Å². The van der Waals surface area contributed by atoms with Crippen LogP contribution < -0.4 is 68.6 Å². The normalized spacial score (nSPS) is 18.9. The molecule has 0 aromatic heterocycles. The molecule has 1 heterocycles. The molecule has 2 amide bonds. The largest absolute Gasteiger partial charge is 1.00 e. The van der Waals surface area contributed by atoms with Crippen LogP contribution in [0.5, 0.6) is 0 Å². The number of carbonyl (C=O) groups excluding carboxylic acids is 2. The van der Waals surface area contributed by atoms with E-state index in [2.05, 4.69) is 0 Å². The van der Waals surface area contributed by atoms with Crippen molar-refractivity contribution in [2.45, 2.75) is 0 Å². The van der Waals surface area contributed by atoms with Crippen LogP contribution in [0.3, 0.4) is 0 Å². The second-order valence-corrected chi connectivity index (χ2v) is 2.78. The zero-order valence-corrected chi connectivity index (χ0v) is 10.9. The van der Waals surface area contributed by atoms with E-state index < -0.39 is 22.0 Å². The van der Waals surface area contributed by atoms with Crippen molar-refractivity contribution < 1.29 is 80.0 Å². The molecule has 0 radical (unpaired) electrons. The summed E-state index contributed by atoms with van der Waals surface area (Å²) in [4.78, 5) is 20.2. The minimum atomic E-state index is -3.84. The summed E-state index contributed by atoms with van der Waals surface area (Å²) in [5.41, 5.74) is 0. The molecular formula is C2H4N2Na2O4S. The molecule has 54 valence electrons. The van der Waals surface area contributed by atoms with Crippen LogP contribution in [-0.4, -0.2) is 20.2 Å². The first kappa shape index (κ1) is 14.4. The van der Waals surface area contributed by atoms with E-state index in [-0.39, 0.29) is 62.0 Å². The molecule has 0 saturated carbocycles. The van der Waals surface area contributed by atoms with Gasteiger partial charge in [0.2, 0.25) is 0 Å². The summed E-state index contributed by atoms with van der Waals surface area (Å²) in [6.07, 6.45) is 0. The van der Waals surface area contributed by atoms with E-state index in [0.29, 0.717) is 0 Å². The van der Waals surface area contributed by atoms with Crippen molar-refractivity contribution >= 4 is 22.0 Å². The smallest absolute Gasteiger partial charge is 1.00 e. The van der Waals surface area contributed by atoms with E-state index in [1.165, 1.54) is 9.44 Å². The van der Waals surface area contributed by atoms with Gasteiger partial charge >= 0.3 is 81.1 Å². The Morgan fingerprint density at radius 3 is 1.36 bits per heavy atom. The van der Waals surface area contributed by atoms with Gasteiger partial charge in [0.25, 0.3) is 0 Å². The Hall–Kier alpha value is 0.890. The Balaban J connectivity index is -0.000000101. The predicted octanol–water partition coefficient (Wildman–Crippen LogP) is -8.29. The Kier molecular flexibility index (Phi) is 6.30. The fourth-order valence-electron chi connectivity index (χ4n) is 0.362. The van der Waals surface area contributed by atoms with Crippen molar-refractivity contribution in [2.75, 3.05) is 0 Å². The van der Waals surface area contributed by atoms with Crippen molar-refractivity contribution in [2.24, 2.45) is 0 Å². The SMILES string of the molecule is O=C1NS(=O)(=O)NC1=O.[H-].[H-].[Na+].[Na+]. The molecule has 6 nitrogen and oxygen atoms in total. The molecule has 1 rings (SSSR count). The molecule has 11 heavy (non-hydrogen) atoms. The third kappa shape index (κ3) is 3.88. The molecule has 0 aromatic carbocycles. The van der Waals surface area contributed by atoms with Gasteiger partial charge in [0.05, 0.1) is 0 Å². The van der Waals surface area contributed by atoms with Crippen molar-refractivity contribution in [1.29, 1.82) is 0 Å². The van der Waals surface area contributed by atoms with Crippen molar-refractivity contribution in [3.05, 3.63) is 0 Å². The maximum Gasteiger partial charge on any atom is 1.00 e. The zero-order chi connectivity index (χ0) is 7.07. The van der Waals surface area contributed by atoms with E-state index >= 15 is 0 Å². The van der Waals surface area contributed by atoms with Gasteiger partial charge in [0, 0.05) is 0 Å². The maximum absolute atomic E-state index is 10.2. The minimum absolute atomic E-state index is 0. The fraction of sp³-hybridized carbons (Fsp3) is 0. The molecule has 0 unspecified atom stereocenters. The van der Waals surface area contributed by atoms with Crippen LogP contribution in [0, 0.1) is 0 Å². The molecule has 0 spiro atoms. The van der Waals surface area contributed by atoms with E-state index in [9.17, 15) is 18.0 Å². The summed E-state index contributed by atoms with van der Waals surface area (Å²) in [6, 6.07) is 0. The molecule has 1 aliphatic rings. The van der Waals surface area contributed by atoms with Gasteiger partial charge in [-0.05, 0) is 0 Å². The number of hydrogen-bond acceptors (Lipinski definition) is 4. The molecule has 9 heteroatoms. The van der Waals surface area contributed by atoms with Crippen LogP contribution in [0.2, 0.25) is 0 Å². The summed E-state index contributed by atoms with van der Waals surface area (Å²) >= 11 is 0. The summed E-state index contributed by atoms with van der Waals surface area (Å²) < 4.78 is 23.2. The van der Waals surface area contributed by atoms with Crippen LogP contribution in [-0.2, 0) is 19.8 Å². The molecule has 0 atom stereocenters. The first-order valence-electron chi connectivity index (χ1n) is 1.90. The van der Waals surface area contributed by atoms with Gasteiger partial charge in [-0.2, -0.15) is 8.42 Å². The maximum atomic E-state index is 10.2. The Labute approximate surface area is 110 Å². The molecule has 1 aliphatic heterocycles. The van der Waals surface area contributed by atoms with E-state index in [0.717, 1.165) is 0 Å². The third-order valence-electron chi connectivity index (χ3n) is 0.660. The second-order valence-electron chi connectivity index (χ2n) is 1.37. The molecule has 1 fully saturated rings.